The van der Waals surface area contributed by atoms with Crippen molar-refractivity contribution >= 4 is 5.78 Å². The van der Waals surface area contributed by atoms with Gasteiger partial charge in [-0.2, -0.15) is 0 Å². The van der Waals surface area contributed by atoms with Gasteiger partial charge in [0.2, 0.25) is 0 Å². The lowest BCUT2D eigenvalue weighted by Gasteiger charge is -2.26. The zero-order chi connectivity index (χ0) is 13.9. The first-order valence-corrected chi connectivity index (χ1v) is 6.82. The highest BCUT2D eigenvalue weighted by molar-refractivity contribution is 5.99. The molecule has 0 N–H and O–H groups in total. The molecule has 1 rings (SSSR count). The highest BCUT2D eigenvalue weighted by atomic mass is 16.1. The molecule has 0 amide bonds. The van der Waals surface area contributed by atoms with E-state index in [4.69, 9.17) is 0 Å². The Morgan fingerprint density at radius 2 is 2.00 bits per heavy atom. The summed E-state index contributed by atoms with van der Waals surface area (Å²) in [6.07, 6.45) is 1.08. The number of carbonyl (C=O) groups excluding carboxylic acids is 1. The molecule has 0 fully saturated rings. The fourth-order valence-electron chi connectivity index (χ4n) is 2.24. The minimum atomic E-state index is 0.235. The largest absolute Gasteiger partial charge is 0.351 e. The van der Waals surface area contributed by atoms with Gasteiger partial charge in [0.05, 0.1) is 6.54 Å². The van der Waals surface area contributed by atoms with E-state index < -0.39 is 0 Å². The van der Waals surface area contributed by atoms with Crippen LogP contribution in [0.4, 0.5) is 0 Å². The minimum Gasteiger partial charge on any atom is -0.351 e. The van der Waals surface area contributed by atoms with Crippen LogP contribution in [0.25, 0.3) is 0 Å². The van der Waals surface area contributed by atoms with Crippen LogP contribution < -0.4 is 0 Å². The molecule has 0 aliphatic rings. The van der Waals surface area contributed by atoms with Crippen LogP contribution in [0.3, 0.4) is 0 Å². The summed E-state index contributed by atoms with van der Waals surface area (Å²) in [4.78, 5) is 14.6. The standard InChI is InChI=1S/C15H26N2O/c1-7-11(3)17(8-2)10-15(18)14-9-12(4)16(6)13(14)5/h9,11H,7-8,10H2,1-6H3. The van der Waals surface area contributed by atoms with Crippen molar-refractivity contribution < 1.29 is 4.79 Å². The molecule has 3 nitrogen and oxygen atoms in total. The quantitative estimate of drug-likeness (QED) is 0.725. The monoisotopic (exact) mass is 250 g/mol. The number of rotatable bonds is 6. The number of aryl methyl sites for hydroxylation is 1. The fourth-order valence-corrected chi connectivity index (χ4v) is 2.24. The summed E-state index contributed by atoms with van der Waals surface area (Å²) in [5.74, 6) is 0.235. The summed E-state index contributed by atoms with van der Waals surface area (Å²) in [6.45, 7) is 12.0. The second-order valence-electron chi connectivity index (χ2n) is 5.09. The minimum absolute atomic E-state index is 0.235. The van der Waals surface area contributed by atoms with E-state index in [9.17, 15) is 4.79 Å². The zero-order valence-electron chi connectivity index (χ0n) is 12.6. The van der Waals surface area contributed by atoms with E-state index in [-0.39, 0.29) is 5.78 Å². The van der Waals surface area contributed by atoms with Crippen LogP contribution in [0.2, 0.25) is 0 Å². The molecule has 3 heteroatoms. The molecule has 1 unspecified atom stereocenters. The Kier molecular flexibility index (Phi) is 5.15. The Balaban J connectivity index is 2.84. The topological polar surface area (TPSA) is 25.2 Å². The Bertz CT molecular complexity index is 420. The van der Waals surface area contributed by atoms with Gasteiger partial charge in [-0.15, -0.1) is 0 Å². The van der Waals surface area contributed by atoms with E-state index in [0.29, 0.717) is 12.6 Å². The maximum atomic E-state index is 12.4. The maximum Gasteiger partial charge on any atom is 0.178 e. The average Bonchev–Trinajstić information content (AvgIpc) is 2.62. The number of carbonyl (C=O) groups is 1. The van der Waals surface area contributed by atoms with E-state index in [1.807, 2.05) is 27.0 Å². The van der Waals surface area contributed by atoms with Gasteiger partial charge in [0.15, 0.2) is 5.78 Å². The van der Waals surface area contributed by atoms with E-state index in [1.165, 1.54) is 0 Å². The molecule has 1 atom stereocenters. The highest BCUT2D eigenvalue weighted by Crippen LogP contribution is 2.15. The van der Waals surface area contributed by atoms with Crippen LogP contribution in [0.15, 0.2) is 6.07 Å². The average molecular weight is 250 g/mol. The van der Waals surface area contributed by atoms with E-state index in [2.05, 4.69) is 30.2 Å². The summed E-state index contributed by atoms with van der Waals surface area (Å²) in [5.41, 5.74) is 3.08. The first kappa shape index (κ1) is 15.0. The summed E-state index contributed by atoms with van der Waals surface area (Å²) in [5, 5.41) is 0. The van der Waals surface area contributed by atoms with Crippen LogP contribution in [-0.4, -0.2) is 34.4 Å². The van der Waals surface area contributed by atoms with Crippen molar-refractivity contribution in [2.24, 2.45) is 7.05 Å². The van der Waals surface area contributed by atoms with Gasteiger partial charge in [-0.05, 0) is 39.8 Å². The normalized spacial score (nSPS) is 13.1. The number of hydrogen-bond acceptors (Lipinski definition) is 2. The third kappa shape index (κ3) is 3.02. The first-order chi connectivity index (χ1) is 8.42. The van der Waals surface area contributed by atoms with E-state index in [1.54, 1.807) is 0 Å². The molecular formula is C15H26N2O. The summed E-state index contributed by atoms with van der Waals surface area (Å²) >= 11 is 0. The molecule has 18 heavy (non-hydrogen) atoms. The van der Waals surface area contributed by atoms with Crippen molar-refractivity contribution in [3.05, 3.63) is 23.0 Å². The maximum absolute atomic E-state index is 12.4. The second-order valence-corrected chi connectivity index (χ2v) is 5.09. The van der Waals surface area contributed by atoms with Gasteiger partial charge in [0, 0.05) is 30.0 Å². The SMILES string of the molecule is CCC(C)N(CC)CC(=O)c1cc(C)n(C)c1C. The Hall–Kier alpha value is -1.09. The predicted molar refractivity (Wildman–Crippen MR) is 76.2 cm³/mol. The lowest BCUT2D eigenvalue weighted by atomic mass is 10.1. The number of ketones is 1. The first-order valence-electron chi connectivity index (χ1n) is 6.82. The summed E-state index contributed by atoms with van der Waals surface area (Å²) in [6, 6.07) is 2.46. The molecule has 1 aromatic rings. The van der Waals surface area contributed by atoms with Crippen molar-refractivity contribution in [1.82, 2.24) is 9.47 Å². The van der Waals surface area contributed by atoms with Crippen LogP contribution >= 0.6 is 0 Å². The van der Waals surface area contributed by atoms with Crippen molar-refractivity contribution in [1.29, 1.82) is 0 Å². The number of nitrogens with zero attached hydrogens (tertiary/aromatic N) is 2. The molecule has 1 aromatic heterocycles. The van der Waals surface area contributed by atoms with Gasteiger partial charge in [-0.1, -0.05) is 13.8 Å². The zero-order valence-corrected chi connectivity index (χ0v) is 12.6. The van der Waals surface area contributed by atoms with Crippen molar-refractivity contribution in [3.8, 4) is 0 Å². The van der Waals surface area contributed by atoms with Gasteiger partial charge >= 0.3 is 0 Å². The molecule has 0 aliphatic heterocycles. The molecule has 0 saturated heterocycles. The van der Waals surface area contributed by atoms with E-state index in [0.717, 1.165) is 29.9 Å². The van der Waals surface area contributed by atoms with Gasteiger partial charge in [-0.3, -0.25) is 9.69 Å². The van der Waals surface area contributed by atoms with Crippen molar-refractivity contribution in [2.45, 2.75) is 47.1 Å². The molecule has 102 valence electrons. The number of likely N-dealkylation sites (N-methyl/N-ethyl adjacent to an activating group) is 1. The molecular weight excluding hydrogens is 224 g/mol. The molecule has 0 bridgehead atoms. The molecule has 0 saturated carbocycles. The Morgan fingerprint density at radius 3 is 2.39 bits per heavy atom. The molecule has 0 spiro atoms. The lowest BCUT2D eigenvalue weighted by molar-refractivity contribution is 0.0902. The highest BCUT2D eigenvalue weighted by Gasteiger charge is 2.18. The van der Waals surface area contributed by atoms with Gasteiger partial charge in [0.25, 0.3) is 0 Å². The smallest absolute Gasteiger partial charge is 0.178 e. The molecule has 0 radical (unpaired) electrons. The number of hydrogen-bond donors (Lipinski definition) is 0. The van der Waals surface area contributed by atoms with Crippen molar-refractivity contribution in [2.75, 3.05) is 13.1 Å². The second kappa shape index (κ2) is 6.19. The predicted octanol–water partition coefficient (Wildman–Crippen LogP) is 2.95. The number of Topliss-reactive ketones (excluding diaryl/α,β-unsaturated/α-hetero) is 1. The third-order valence-corrected chi connectivity index (χ3v) is 4.04. The van der Waals surface area contributed by atoms with Crippen LogP contribution in [0.1, 0.15) is 48.9 Å². The van der Waals surface area contributed by atoms with Gasteiger partial charge in [0.1, 0.15) is 0 Å². The van der Waals surface area contributed by atoms with Gasteiger partial charge < -0.3 is 4.57 Å². The number of aromatic nitrogens is 1. The molecule has 1 heterocycles. The Labute approximate surface area is 111 Å². The van der Waals surface area contributed by atoms with Crippen LogP contribution in [-0.2, 0) is 7.05 Å². The summed E-state index contributed by atoms with van der Waals surface area (Å²) in [7, 11) is 2.01. The molecule has 0 aliphatic carbocycles. The van der Waals surface area contributed by atoms with Gasteiger partial charge in [-0.25, -0.2) is 0 Å². The lowest BCUT2D eigenvalue weighted by Crippen LogP contribution is -2.37. The molecule has 0 aromatic carbocycles. The Morgan fingerprint density at radius 1 is 1.39 bits per heavy atom. The van der Waals surface area contributed by atoms with E-state index >= 15 is 0 Å². The fraction of sp³-hybridized carbons (Fsp3) is 0.667. The third-order valence-electron chi connectivity index (χ3n) is 4.04. The van der Waals surface area contributed by atoms with Crippen LogP contribution in [0, 0.1) is 13.8 Å². The van der Waals surface area contributed by atoms with Crippen molar-refractivity contribution in [3.63, 3.8) is 0 Å². The van der Waals surface area contributed by atoms with Crippen LogP contribution in [0.5, 0.6) is 0 Å². The summed E-state index contributed by atoms with van der Waals surface area (Å²) < 4.78 is 2.08.